The smallest absolute Gasteiger partial charge is 0.117 e. The van der Waals surface area contributed by atoms with E-state index in [1.807, 2.05) is 42.7 Å². The lowest BCUT2D eigenvalue weighted by molar-refractivity contribution is 0.576. The predicted molar refractivity (Wildman–Crippen MR) is 111 cm³/mol. The first kappa shape index (κ1) is 18.1. The highest BCUT2D eigenvalue weighted by molar-refractivity contribution is 5.60. The van der Waals surface area contributed by atoms with Gasteiger partial charge in [0.25, 0.3) is 0 Å². The van der Waals surface area contributed by atoms with Gasteiger partial charge in [0.05, 0.1) is 6.54 Å². The molecule has 0 radical (unpaired) electrons. The summed E-state index contributed by atoms with van der Waals surface area (Å²) in [6.07, 6.45) is 3.62. The summed E-state index contributed by atoms with van der Waals surface area (Å²) < 4.78 is 0. The first-order valence-electron chi connectivity index (χ1n) is 9.42. The Morgan fingerprint density at radius 3 is 2.43 bits per heavy atom. The van der Waals surface area contributed by atoms with Gasteiger partial charge in [-0.25, -0.2) is 0 Å². The standard InChI is InChI=1S/C23H23N5/c1-18-6-5-7-20(14-18)17-28-26-22(16-25-15-19-10-12-24-13-11-19)23(27-28)21-8-3-2-4-9-21/h2-14,25H,15-17H2,1H3. The summed E-state index contributed by atoms with van der Waals surface area (Å²) in [6, 6.07) is 22.7. The molecule has 0 atom stereocenters. The van der Waals surface area contributed by atoms with Crippen LogP contribution in [0.25, 0.3) is 11.3 Å². The first-order chi connectivity index (χ1) is 13.8. The summed E-state index contributed by atoms with van der Waals surface area (Å²) in [4.78, 5) is 5.85. The SMILES string of the molecule is Cc1cccc(Cn2nc(CNCc3ccncc3)c(-c3ccccc3)n2)c1. The van der Waals surface area contributed by atoms with E-state index in [1.54, 1.807) is 4.80 Å². The molecule has 140 valence electrons. The van der Waals surface area contributed by atoms with Gasteiger partial charge in [-0.05, 0) is 30.2 Å². The monoisotopic (exact) mass is 369 g/mol. The molecule has 0 aliphatic rings. The van der Waals surface area contributed by atoms with Crippen LogP contribution in [0.15, 0.2) is 79.1 Å². The molecule has 2 aromatic heterocycles. The minimum atomic E-state index is 0.653. The summed E-state index contributed by atoms with van der Waals surface area (Å²) >= 11 is 0. The van der Waals surface area contributed by atoms with Crippen molar-refractivity contribution in [2.45, 2.75) is 26.6 Å². The molecule has 0 bridgehead atoms. The summed E-state index contributed by atoms with van der Waals surface area (Å²) in [6.45, 7) is 4.18. The van der Waals surface area contributed by atoms with E-state index in [1.165, 1.54) is 16.7 Å². The fourth-order valence-corrected chi connectivity index (χ4v) is 3.19. The van der Waals surface area contributed by atoms with Crippen LogP contribution in [0.5, 0.6) is 0 Å². The number of aromatic nitrogens is 4. The number of aryl methyl sites for hydroxylation is 1. The number of hydrogen-bond donors (Lipinski definition) is 1. The molecule has 4 aromatic rings. The van der Waals surface area contributed by atoms with Crippen molar-refractivity contribution in [3.8, 4) is 11.3 Å². The van der Waals surface area contributed by atoms with Crippen LogP contribution in [0.1, 0.15) is 22.4 Å². The zero-order valence-corrected chi connectivity index (χ0v) is 15.9. The summed E-state index contributed by atoms with van der Waals surface area (Å²) in [7, 11) is 0. The topological polar surface area (TPSA) is 55.6 Å². The number of benzene rings is 2. The van der Waals surface area contributed by atoms with Crippen molar-refractivity contribution < 1.29 is 0 Å². The van der Waals surface area contributed by atoms with E-state index in [-0.39, 0.29) is 0 Å². The summed E-state index contributed by atoms with van der Waals surface area (Å²) in [5.41, 5.74) is 6.60. The van der Waals surface area contributed by atoms with E-state index >= 15 is 0 Å². The average Bonchev–Trinajstić information content (AvgIpc) is 3.12. The van der Waals surface area contributed by atoms with Gasteiger partial charge in [0.2, 0.25) is 0 Å². The van der Waals surface area contributed by atoms with Crippen molar-refractivity contribution >= 4 is 0 Å². The molecule has 0 aliphatic carbocycles. The molecular weight excluding hydrogens is 346 g/mol. The fourth-order valence-electron chi connectivity index (χ4n) is 3.19. The minimum Gasteiger partial charge on any atom is -0.307 e. The third kappa shape index (κ3) is 4.50. The van der Waals surface area contributed by atoms with E-state index in [9.17, 15) is 0 Å². The largest absolute Gasteiger partial charge is 0.307 e. The Labute approximate surface area is 165 Å². The van der Waals surface area contributed by atoms with Gasteiger partial charge in [-0.15, -0.1) is 0 Å². The zero-order chi connectivity index (χ0) is 19.2. The number of nitrogens with zero attached hydrogens (tertiary/aromatic N) is 4. The molecule has 0 amide bonds. The summed E-state index contributed by atoms with van der Waals surface area (Å²) in [5.74, 6) is 0. The lowest BCUT2D eigenvalue weighted by atomic mass is 10.1. The van der Waals surface area contributed by atoms with Crippen LogP contribution < -0.4 is 5.32 Å². The van der Waals surface area contributed by atoms with E-state index in [2.05, 4.69) is 53.6 Å². The molecule has 0 aliphatic heterocycles. The van der Waals surface area contributed by atoms with Crippen LogP contribution in [-0.2, 0) is 19.6 Å². The number of pyridine rings is 1. The Morgan fingerprint density at radius 2 is 1.64 bits per heavy atom. The Morgan fingerprint density at radius 1 is 0.821 bits per heavy atom. The average molecular weight is 369 g/mol. The molecule has 5 nitrogen and oxygen atoms in total. The van der Waals surface area contributed by atoms with Crippen molar-refractivity contribution in [1.29, 1.82) is 0 Å². The zero-order valence-electron chi connectivity index (χ0n) is 15.9. The van der Waals surface area contributed by atoms with Gasteiger partial charge in [0, 0.05) is 31.0 Å². The number of rotatable bonds is 7. The van der Waals surface area contributed by atoms with Crippen LogP contribution in [0.2, 0.25) is 0 Å². The van der Waals surface area contributed by atoms with E-state index < -0.39 is 0 Å². The van der Waals surface area contributed by atoms with Crippen molar-refractivity contribution in [1.82, 2.24) is 25.3 Å². The first-order valence-corrected chi connectivity index (χ1v) is 9.42. The molecule has 28 heavy (non-hydrogen) atoms. The van der Waals surface area contributed by atoms with Gasteiger partial charge in [-0.1, -0.05) is 60.2 Å². The Kier molecular flexibility index (Phi) is 5.54. The second-order valence-electron chi connectivity index (χ2n) is 6.84. The maximum absolute atomic E-state index is 4.79. The molecule has 2 aromatic carbocycles. The maximum atomic E-state index is 4.79. The van der Waals surface area contributed by atoms with Gasteiger partial charge in [0.1, 0.15) is 11.4 Å². The van der Waals surface area contributed by atoms with Crippen molar-refractivity contribution in [3.05, 3.63) is 102 Å². The molecule has 0 spiro atoms. The molecular formula is C23H23N5. The van der Waals surface area contributed by atoms with Gasteiger partial charge in [-0.3, -0.25) is 4.98 Å². The van der Waals surface area contributed by atoms with Gasteiger partial charge >= 0.3 is 0 Å². The second kappa shape index (κ2) is 8.59. The lowest BCUT2D eigenvalue weighted by Gasteiger charge is -2.04. The maximum Gasteiger partial charge on any atom is 0.117 e. The molecule has 0 saturated carbocycles. The number of nitrogens with one attached hydrogen (secondary N) is 1. The molecule has 4 rings (SSSR count). The second-order valence-corrected chi connectivity index (χ2v) is 6.84. The summed E-state index contributed by atoms with van der Waals surface area (Å²) in [5, 5.41) is 13.0. The predicted octanol–water partition coefficient (Wildman–Crippen LogP) is 3.99. The molecule has 2 heterocycles. The van der Waals surface area contributed by atoms with Crippen molar-refractivity contribution in [2.75, 3.05) is 0 Å². The highest BCUT2D eigenvalue weighted by Gasteiger charge is 2.13. The van der Waals surface area contributed by atoms with Crippen LogP contribution >= 0.6 is 0 Å². The van der Waals surface area contributed by atoms with Crippen LogP contribution in [0.4, 0.5) is 0 Å². The third-order valence-electron chi connectivity index (χ3n) is 4.55. The Balaban J connectivity index is 1.55. The molecule has 1 N–H and O–H groups in total. The molecule has 0 unspecified atom stereocenters. The third-order valence-corrected chi connectivity index (χ3v) is 4.55. The van der Waals surface area contributed by atoms with Gasteiger partial charge < -0.3 is 5.32 Å². The van der Waals surface area contributed by atoms with Crippen LogP contribution in [0, 0.1) is 6.92 Å². The van der Waals surface area contributed by atoms with E-state index in [4.69, 9.17) is 10.2 Å². The fraction of sp³-hybridized carbons (Fsp3) is 0.174. The van der Waals surface area contributed by atoms with E-state index in [0.29, 0.717) is 13.1 Å². The highest BCUT2D eigenvalue weighted by Crippen LogP contribution is 2.20. The van der Waals surface area contributed by atoms with E-state index in [0.717, 1.165) is 23.5 Å². The molecule has 0 fully saturated rings. The van der Waals surface area contributed by atoms with Gasteiger partial charge in [-0.2, -0.15) is 15.0 Å². The highest BCUT2D eigenvalue weighted by atomic mass is 15.5. The quantitative estimate of drug-likeness (QED) is 0.535. The minimum absolute atomic E-state index is 0.653. The van der Waals surface area contributed by atoms with Crippen molar-refractivity contribution in [2.24, 2.45) is 0 Å². The van der Waals surface area contributed by atoms with Gasteiger partial charge in [0.15, 0.2) is 0 Å². The van der Waals surface area contributed by atoms with Crippen LogP contribution in [-0.4, -0.2) is 20.0 Å². The van der Waals surface area contributed by atoms with Crippen molar-refractivity contribution in [3.63, 3.8) is 0 Å². The number of hydrogen-bond acceptors (Lipinski definition) is 4. The van der Waals surface area contributed by atoms with Crippen LogP contribution in [0.3, 0.4) is 0 Å². The molecule has 5 heteroatoms. The molecule has 0 saturated heterocycles. The normalized spacial score (nSPS) is 10.9. The Hall–Kier alpha value is -3.31. The lowest BCUT2D eigenvalue weighted by Crippen LogP contribution is -2.14. The Bertz CT molecular complexity index is 1030.